The van der Waals surface area contributed by atoms with Gasteiger partial charge in [0.15, 0.2) is 29.0 Å². The minimum absolute atomic E-state index is 0.0213. The molecule has 2 saturated heterocycles. The third-order valence-corrected chi connectivity index (χ3v) is 7.83. The zero-order valence-electron chi connectivity index (χ0n) is 25.4. The van der Waals surface area contributed by atoms with Crippen LogP contribution in [-0.4, -0.2) is 135 Å². The zero-order valence-corrected chi connectivity index (χ0v) is 25.4. The van der Waals surface area contributed by atoms with Crippen molar-refractivity contribution in [3.63, 3.8) is 0 Å². The van der Waals surface area contributed by atoms with Gasteiger partial charge in [-0.1, -0.05) is 0 Å². The van der Waals surface area contributed by atoms with Crippen LogP contribution in [0.2, 0.25) is 0 Å². The molecule has 0 spiro atoms. The van der Waals surface area contributed by atoms with Crippen molar-refractivity contribution in [2.45, 2.75) is 55.3 Å². The first-order chi connectivity index (χ1) is 22.0. The fourth-order valence-electron chi connectivity index (χ4n) is 5.35. The van der Waals surface area contributed by atoms with Crippen LogP contribution in [0.1, 0.15) is 0 Å². The molecule has 0 radical (unpaired) electrons. The van der Waals surface area contributed by atoms with Gasteiger partial charge in [0.25, 0.3) is 0 Å². The van der Waals surface area contributed by atoms with Gasteiger partial charge in [0.05, 0.1) is 54.1 Å². The Morgan fingerprint density at radius 3 is 2.00 bits per heavy atom. The molecule has 5 rings (SSSR count). The molecule has 0 amide bonds. The van der Waals surface area contributed by atoms with Crippen LogP contribution in [0, 0.1) is 0 Å². The van der Waals surface area contributed by atoms with Crippen LogP contribution in [0.4, 0.5) is 0 Å². The molecule has 254 valence electrons. The number of hydrogen-bond acceptors (Lipinski definition) is 17. The zero-order chi connectivity index (χ0) is 33.4. The molecule has 9 atom stereocenters. The molecule has 46 heavy (non-hydrogen) atoms. The molecule has 1 aromatic heterocycles. The van der Waals surface area contributed by atoms with Crippen molar-refractivity contribution in [2.24, 2.45) is 0 Å². The maximum atomic E-state index is 14.2. The second-order valence-electron chi connectivity index (χ2n) is 10.5. The summed E-state index contributed by atoms with van der Waals surface area (Å²) >= 11 is 0. The Hall–Kier alpha value is -3.65. The maximum absolute atomic E-state index is 14.2. The molecule has 3 aromatic rings. The summed E-state index contributed by atoms with van der Waals surface area (Å²) in [4.78, 5) is 14.2. The summed E-state index contributed by atoms with van der Waals surface area (Å²) in [5, 5.41) is 61.9. The van der Waals surface area contributed by atoms with Gasteiger partial charge < -0.3 is 77.7 Å². The summed E-state index contributed by atoms with van der Waals surface area (Å²) < 4.78 is 56.0. The topological polar surface area (TPSA) is 235 Å². The number of methoxy groups -OCH3 is 5. The lowest BCUT2D eigenvalue weighted by Crippen LogP contribution is -2.61. The van der Waals surface area contributed by atoms with E-state index in [2.05, 4.69) is 0 Å². The first-order valence-corrected chi connectivity index (χ1v) is 14.0. The number of aliphatic hydroxyl groups is 6. The van der Waals surface area contributed by atoms with E-state index in [9.17, 15) is 35.4 Å². The largest absolute Gasteiger partial charge is 0.497 e. The van der Waals surface area contributed by atoms with Gasteiger partial charge in [-0.25, -0.2) is 0 Å². The van der Waals surface area contributed by atoms with Gasteiger partial charge in [0, 0.05) is 6.07 Å². The van der Waals surface area contributed by atoms with Crippen LogP contribution >= 0.6 is 0 Å². The Morgan fingerprint density at radius 2 is 1.37 bits per heavy atom. The van der Waals surface area contributed by atoms with Crippen LogP contribution in [-0.2, 0) is 14.2 Å². The molecule has 2 aromatic carbocycles. The number of hydrogen-bond donors (Lipinski definition) is 6. The smallest absolute Gasteiger partial charge is 0.229 e. The Balaban J connectivity index is 1.59. The van der Waals surface area contributed by atoms with E-state index in [-0.39, 0.29) is 63.0 Å². The van der Waals surface area contributed by atoms with Gasteiger partial charge in [-0.15, -0.1) is 0 Å². The summed E-state index contributed by atoms with van der Waals surface area (Å²) in [6.45, 7) is -0.878. The second kappa shape index (κ2) is 13.6. The fraction of sp³-hybridized carbons (Fsp3) is 0.552. The standard InChI is InChI=1S/C29H36O17/c1-37-10-6-11-16(31)15-23(45-22(11)13(7-10)38-2)25(39-3)27(41-5)26(40-4)24(15)46-29-21(36)19(34)18(33)14(44-29)9-43-28-20(35)17(32)12(30)8-42-28/h6-7,12,14,17-21,28-30,32-36H,8-9H2,1-5H3/t12-,14-,17+,18-,19+,20-,21-,28?,29?/m1/s1. The molecule has 17 nitrogen and oxygen atoms in total. The van der Waals surface area contributed by atoms with E-state index in [0.717, 1.165) is 0 Å². The number of fused-ring (bicyclic) bond motifs is 2. The molecular formula is C29H36O17. The highest BCUT2D eigenvalue weighted by Gasteiger charge is 2.47. The van der Waals surface area contributed by atoms with Gasteiger partial charge >= 0.3 is 0 Å². The molecule has 2 aliphatic rings. The van der Waals surface area contributed by atoms with Gasteiger partial charge in [-0.2, -0.15) is 0 Å². The summed E-state index contributed by atoms with van der Waals surface area (Å²) in [6, 6.07) is 2.94. The van der Waals surface area contributed by atoms with E-state index in [4.69, 9.17) is 47.0 Å². The number of aliphatic hydroxyl groups excluding tert-OH is 6. The average molecular weight is 657 g/mol. The highest BCUT2D eigenvalue weighted by molar-refractivity contribution is 6.01. The number of ether oxygens (including phenoxy) is 9. The lowest BCUT2D eigenvalue weighted by atomic mass is 9.99. The molecule has 0 saturated carbocycles. The molecular weight excluding hydrogens is 620 g/mol. The van der Waals surface area contributed by atoms with Crippen molar-refractivity contribution < 1.29 is 77.7 Å². The van der Waals surface area contributed by atoms with Crippen molar-refractivity contribution in [2.75, 3.05) is 48.8 Å². The van der Waals surface area contributed by atoms with Crippen LogP contribution in [0.3, 0.4) is 0 Å². The van der Waals surface area contributed by atoms with Crippen LogP contribution in [0.25, 0.3) is 21.9 Å². The molecule has 3 heterocycles. The lowest BCUT2D eigenvalue weighted by Gasteiger charge is -2.41. The predicted molar refractivity (Wildman–Crippen MR) is 154 cm³/mol. The average Bonchev–Trinajstić information content (AvgIpc) is 3.06. The third kappa shape index (κ3) is 5.74. The maximum Gasteiger partial charge on any atom is 0.229 e. The first kappa shape index (κ1) is 33.7. The van der Waals surface area contributed by atoms with Crippen LogP contribution < -0.4 is 33.8 Å². The monoisotopic (exact) mass is 656 g/mol. The highest BCUT2D eigenvalue weighted by Crippen LogP contribution is 2.51. The summed E-state index contributed by atoms with van der Waals surface area (Å²) in [6.07, 6.45) is -14.6. The summed E-state index contributed by atoms with van der Waals surface area (Å²) in [5.41, 5.74) is -0.754. The van der Waals surface area contributed by atoms with Crippen molar-refractivity contribution in [3.05, 3.63) is 22.4 Å². The van der Waals surface area contributed by atoms with E-state index in [1.807, 2.05) is 0 Å². The molecule has 2 aliphatic heterocycles. The normalized spacial score (nSPS) is 29.8. The Morgan fingerprint density at radius 1 is 0.717 bits per heavy atom. The van der Waals surface area contributed by atoms with Gasteiger partial charge in [0.2, 0.25) is 29.0 Å². The predicted octanol–water partition coefficient (Wildman–Crippen LogP) is -1.37. The van der Waals surface area contributed by atoms with Crippen molar-refractivity contribution >= 4 is 21.9 Å². The van der Waals surface area contributed by atoms with E-state index >= 15 is 0 Å². The summed E-state index contributed by atoms with van der Waals surface area (Å²) in [7, 11) is 6.67. The van der Waals surface area contributed by atoms with Gasteiger partial charge in [-0.3, -0.25) is 4.79 Å². The minimum Gasteiger partial charge on any atom is -0.497 e. The quantitative estimate of drug-likeness (QED) is 0.138. The Labute approximate surface area is 260 Å². The van der Waals surface area contributed by atoms with Crippen molar-refractivity contribution in [3.8, 4) is 34.5 Å². The van der Waals surface area contributed by atoms with Gasteiger partial charge in [-0.05, 0) is 6.07 Å². The van der Waals surface area contributed by atoms with Crippen molar-refractivity contribution in [1.82, 2.24) is 0 Å². The van der Waals surface area contributed by atoms with Crippen molar-refractivity contribution in [1.29, 1.82) is 0 Å². The lowest BCUT2D eigenvalue weighted by molar-refractivity contribution is -0.307. The van der Waals surface area contributed by atoms with Gasteiger partial charge in [0.1, 0.15) is 53.9 Å². The van der Waals surface area contributed by atoms with E-state index < -0.39 is 67.3 Å². The first-order valence-electron chi connectivity index (χ1n) is 14.0. The summed E-state index contributed by atoms with van der Waals surface area (Å²) in [5.74, 6) is -0.133. The third-order valence-electron chi connectivity index (χ3n) is 7.83. The van der Waals surface area contributed by atoms with Crippen LogP contribution in [0.15, 0.2) is 21.3 Å². The molecule has 17 heteroatoms. The number of benzene rings is 2. The Bertz CT molecular complexity index is 1610. The minimum atomic E-state index is -1.87. The fourth-order valence-corrected chi connectivity index (χ4v) is 5.35. The molecule has 0 aliphatic carbocycles. The highest BCUT2D eigenvalue weighted by atomic mass is 16.7. The SMILES string of the molecule is COc1cc(OC)c2oc3c(OC)c(OC)c(OC)c(OC4O[C@H](COC5OC[C@@H](O)[C@H](O)[C@H]5O)[C@@H](O)[C@H](O)[C@H]4O)c3c(=O)c2c1. The molecule has 6 N–H and O–H groups in total. The molecule has 2 fully saturated rings. The van der Waals surface area contributed by atoms with Crippen LogP contribution in [0.5, 0.6) is 34.5 Å². The number of rotatable bonds is 10. The Kier molecular flexibility index (Phi) is 9.97. The molecule has 2 unspecified atom stereocenters. The van der Waals surface area contributed by atoms with E-state index in [1.54, 1.807) is 0 Å². The van der Waals surface area contributed by atoms with E-state index in [0.29, 0.717) is 0 Å². The van der Waals surface area contributed by atoms with E-state index in [1.165, 1.54) is 47.7 Å². The second-order valence-corrected chi connectivity index (χ2v) is 10.5. The molecule has 0 bridgehead atoms.